The largest absolute Gasteiger partial charge is 0.332 e. The molecular weight excluding hydrogens is 180 g/mol. The van der Waals surface area contributed by atoms with Crippen molar-refractivity contribution < 1.29 is 4.52 Å². The Balaban J connectivity index is 1.95. The summed E-state index contributed by atoms with van der Waals surface area (Å²) < 4.78 is 4.89. The van der Waals surface area contributed by atoms with Crippen molar-refractivity contribution in [3.63, 3.8) is 0 Å². The Morgan fingerprint density at radius 1 is 1.43 bits per heavy atom. The zero-order valence-electron chi connectivity index (χ0n) is 7.77. The Bertz CT molecular complexity index is 398. The highest BCUT2D eigenvalue weighted by Crippen LogP contribution is 2.03. The Morgan fingerprint density at radius 2 is 2.36 bits per heavy atom. The molecule has 0 aliphatic rings. The van der Waals surface area contributed by atoms with Gasteiger partial charge in [0.05, 0.1) is 12.2 Å². The summed E-state index contributed by atoms with van der Waals surface area (Å²) in [5.74, 6) is 0.619. The van der Waals surface area contributed by atoms with Gasteiger partial charge in [-0.25, -0.2) is 0 Å². The van der Waals surface area contributed by atoms with Gasteiger partial charge in [-0.3, -0.25) is 4.98 Å². The number of hydrogen-bond donors (Lipinski definition) is 1. The van der Waals surface area contributed by atoms with E-state index in [1.54, 1.807) is 13.1 Å². The highest BCUT2D eigenvalue weighted by atomic mass is 16.5. The zero-order valence-corrected chi connectivity index (χ0v) is 7.77. The minimum Gasteiger partial charge on any atom is -0.332 e. The first-order valence-corrected chi connectivity index (χ1v) is 4.29. The molecule has 0 atom stereocenters. The molecule has 0 bridgehead atoms. The highest BCUT2D eigenvalue weighted by Gasteiger charge is 2.00. The summed E-state index contributed by atoms with van der Waals surface area (Å²) >= 11 is 0. The number of aryl methyl sites for hydroxylation is 1. The number of nitrogens with zero attached hydrogens (tertiary/aromatic N) is 3. The fourth-order valence-corrected chi connectivity index (χ4v) is 1.04. The fraction of sp³-hybridized carbons (Fsp3) is 0.222. The molecule has 0 aliphatic carbocycles. The second-order valence-electron chi connectivity index (χ2n) is 2.82. The molecule has 0 amide bonds. The minimum absolute atomic E-state index is 0.424. The normalized spacial score (nSPS) is 10.1. The summed E-state index contributed by atoms with van der Waals surface area (Å²) in [6.45, 7) is 2.36. The van der Waals surface area contributed by atoms with Crippen LogP contribution in [0.5, 0.6) is 0 Å². The zero-order chi connectivity index (χ0) is 9.80. The van der Waals surface area contributed by atoms with Crippen LogP contribution in [0.2, 0.25) is 0 Å². The maximum Gasteiger partial charge on any atom is 0.321 e. The van der Waals surface area contributed by atoms with Crippen LogP contribution in [0.3, 0.4) is 0 Å². The molecule has 0 saturated carbocycles. The van der Waals surface area contributed by atoms with E-state index < -0.39 is 0 Å². The smallest absolute Gasteiger partial charge is 0.321 e. The van der Waals surface area contributed by atoms with Crippen molar-refractivity contribution >= 4 is 6.01 Å². The summed E-state index contributed by atoms with van der Waals surface area (Å²) in [6.07, 6.45) is 1.75. The average Bonchev–Trinajstić information content (AvgIpc) is 2.63. The molecule has 5 heteroatoms. The summed E-state index contributed by atoms with van der Waals surface area (Å²) in [4.78, 5) is 8.16. The van der Waals surface area contributed by atoms with Crippen LogP contribution in [-0.2, 0) is 6.54 Å². The van der Waals surface area contributed by atoms with Gasteiger partial charge in [-0.05, 0) is 19.1 Å². The van der Waals surface area contributed by atoms with Crippen LogP contribution in [0.4, 0.5) is 6.01 Å². The van der Waals surface area contributed by atoms with E-state index in [9.17, 15) is 0 Å². The van der Waals surface area contributed by atoms with Gasteiger partial charge in [-0.1, -0.05) is 11.2 Å². The van der Waals surface area contributed by atoms with E-state index in [0.717, 1.165) is 5.69 Å². The summed E-state index contributed by atoms with van der Waals surface area (Å²) in [5.41, 5.74) is 0.934. The number of aromatic nitrogens is 3. The third-order valence-corrected chi connectivity index (χ3v) is 1.67. The van der Waals surface area contributed by atoms with Crippen LogP contribution in [0.15, 0.2) is 28.9 Å². The molecule has 72 valence electrons. The monoisotopic (exact) mass is 190 g/mol. The van der Waals surface area contributed by atoms with Gasteiger partial charge in [0, 0.05) is 6.20 Å². The maximum absolute atomic E-state index is 4.89. The van der Waals surface area contributed by atoms with E-state index in [1.165, 1.54) is 0 Å². The lowest BCUT2D eigenvalue weighted by Gasteiger charge is -1.98. The lowest BCUT2D eigenvalue weighted by atomic mass is 10.3. The Labute approximate surface area is 81.2 Å². The van der Waals surface area contributed by atoms with Crippen LogP contribution in [0, 0.1) is 6.92 Å². The van der Waals surface area contributed by atoms with E-state index in [1.807, 2.05) is 18.2 Å². The van der Waals surface area contributed by atoms with Crippen LogP contribution < -0.4 is 5.32 Å². The predicted molar refractivity (Wildman–Crippen MR) is 50.6 cm³/mol. The van der Waals surface area contributed by atoms with Crippen molar-refractivity contribution in [3.05, 3.63) is 35.9 Å². The summed E-state index contributed by atoms with van der Waals surface area (Å²) in [6, 6.07) is 6.16. The van der Waals surface area contributed by atoms with Gasteiger partial charge in [-0.15, -0.1) is 0 Å². The van der Waals surface area contributed by atoms with Crippen molar-refractivity contribution in [2.75, 3.05) is 5.32 Å². The molecule has 2 heterocycles. The molecule has 14 heavy (non-hydrogen) atoms. The van der Waals surface area contributed by atoms with Crippen molar-refractivity contribution in [1.29, 1.82) is 0 Å². The minimum atomic E-state index is 0.424. The molecule has 0 fully saturated rings. The summed E-state index contributed by atoms with van der Waals surface area (Å²) in [5, 5.41) is 6.64. The molecule has 0 aromatic carbocycles. The molecule has 0 unspecified atom stereocenters. The molecular formula is C9H10N4O. The molecule has 2 aromatic rings. The van der Waals surface area contributed by atoms with E-state index in [-0.39, 0.29) is 0 Å². The lowest BCUT2D eigenvalue weighted by molar-refractivity contribution is 0.425. The average molecular weight is 190 g/mol. The van der Waals surface area contributed by atoms with Crippen LogP contribution in [0.25, 0.3) is 0 Å². The predicted octanol–water partition coefficient (Wildman–Crippen LogP) is 1.39. The molecule has 0 saturated heterocycles. The molecule has 5 nitrogen and oxygen atoms in total. The second-order valence-corrected chi connectivity index (χ2v) is 2.82. The number of rotatable bonds is 3. The van der Waals surface area contributed by atoms with E-state index in [4.69, 9.17) is 4.52 Å². The topological polar surface area (TPSA) is 63.8 Å². The SMILES string of the molecule is Cc1noc(NCc2ccccn2)n1. The highest BCUT2D eigenvalue weighted by molar-refractivity contribution is 5.20. The Morgan fingerprint density at radius 3 is 3.00 bits per heavy atom. The van der Waals surface area contributed by atoms with Crippen molar-refractivity contribution in [1.82, 2.24) is 15.1 Å². The summed E-state index contributed by atoms with van der Waals surface area (Å²) in [7, 11) is 0. The van der Waals surface area contributed by atoms with E-state index in [2.05, 4.69) is 20.4 Å². The van der Waals surface area contributed by atoms with Gasteiger partial charge in [0.2, 0.25) is 0 Å². The first kappa shape index (κ1) is 8.68. The number of anilines is 1. The third kappa shape index (κ3) is 2.07. The number of pyridine rings is 1. The van der Waals surface area contributed by atoms with Crippen LogP contribution >= 0.6 is 0 Å². The standard InChI is InChI=1S/C9H10N4O/c1-7-12-9(14-13-7)11-6-8-4-2-3-5-10-8/h2-5H,6H2,1H3,(H,11,12,13). The number of hydrogen-bond acceptors (Lipinski definition) is 5. The molecule has 0 spiro atoms. The maximum atomic E-state index is 4.89. The lowest BCUT2D eigenvalue weighted by Crippen LogP contribution is -2.01. The Hall–Kier alpha value is -1.91. The van der Waals surface area contributed by atoms with Gasteiger partial charge >= 0.3 is 6.01 Å². The third-order valence-electron chi connectivity index (χ3n) is 1.67. The van der Waals surface area contributed by atoms with Gasteiger partial charge in [0.1, 0.15) is 0 Å². The van der Waals surface area contributed by atoms with Crippen LogP contribution in [0.1, 0.15) is 11.5 Å². The van der Waals surface area contributed by atoms with Crippen molar-refractivity contribution in [2.24, 2.45) is 0 Å². The van der Waals surface area contributed by atoms with Crippen molar-refractivity contribution in [3.8, 4) is 0 Å². The first-order valence-electron chi connectivity index (χ1n) is 4.29. The first-order chi connectivity index (χ1) is 6.84. The Kier molecular flexibility index (Phi) is 2.40. The van der Waals surface area contributed by atoms with E-state index in [0.29, 0.717) is 18.4 Å². The molecule has 1 N–H and O–H groups in total. The fourth-order valence-electron chi connectivity index (χ4n) is 1.04. The molecule has 0 radical (unpaired) electrons. The van der Waals surface area contributed by atoms with Crippen molar-refractivity contribution in [2.45, 2.75) is 13.5 Å². The molecule has 2 aromatic heterocycles. The van der Waals surface area contributed by atoms with Gasteiger partial charge in [0.15, 0.2) is 5.82 Å². The molecule has 0 aliphatic heterocycles. The molecule has 2 rings (SSSR count). The van der Waals surface area contributed by atoms with Gasteiger partial charge in [-0.2, -0.15) is 4.98 Å². The second kappa shape index (κ2) is 3.87. The number of nitrogens with one attached hydrogen (secondary N) is 1. The van der Waals surface area contributed by atoms with Gasteiger partial charge < -0.3 is 9.84 Å². The quantitative estimate of drug-likeness (QED) is 0.792. The van der Waals surface area contributed by atoms with Gasteiger partial charge in [0.25, 0.3) is 0 Å². The van der Waals surface area contributed by atoms with Crippen LogP contribution in [-0.4, -0.2) is 15.1 Å². The van der Waals surface area contributed by atoms with E-state index >= 15 is 0 Å².